The summed E-state index contributed by atoms with van der Waals surface area (Å²) in [5.74, 6) is 1.39. The number of amides is 1. The number of nitrogens with zero attached hydrogens (tertiary/aromatic N) is 2. The van der Waals surface area contributed by atoms with Crippen molar-refractivity contribution in [1.29, 1.82) is 0 Å². The molecule has 1 aliphatic heterocycles. The summed E-state index contributed by atoms with van der Waals surface area (Å²) < 4.78 is 27.4. The smallest absolute Gasteiger partial charge is 0.243 e. The van der Waals surface area contributed by atoms with Crippen molar-refractivity contribution in [3.63, 3.8) is 0 Å². The van der Waals surface area contributed by atoms with Gasteiger partial charge in [0.25, 0.3) is 0 Å². The molecule has 29 heavy (non-hydrogen) atoms. The van der Waals surface area contributed by atoms with Gasteiger partial charge in [-0.1, -0.05) is 17.7 Å². The minimum Gasteiger partial charge on any atom is -0.340 e. The third-order valence-electron chi connectivity index (χ3n) is 7.63. The number of sulfonamides is 1. The Morgan fingerprint density at radius 3 is 2.14 bits per heavy atom. The zero-order valence-corrected chi connectivity index (χ0v) is 18.5. The van der Waals surface area contributed by atoms with Gasteiger partial charge in [0.05, 0.1) is 10.3 Å². The molecule has 1 amide bonds. The Hall–Kier alpha value is -1.11. The first-order valence-corrected chi connectivity index (χ1v) is 12.6. The number of benzene rings is 1. The molecule has 0 N–H and O–H groups in total. The van der Waals surface area contributed by atoms with Gasteiger partial charge in [-0.05, 0) is 69.4 Å². The van der Waals surface area contributed by atoms with Crippen molar-refractivity contribution in [2.45, 2.75) is 55.2 Å². The Balaban J connectivity index is 1.29. The van der Waals surface area contributed by atoms with E-state index in [4.69, 9.17) is 11.6 Å². The van der Waals surface area contributed by atoms with Gasteiger partial charge in [0.2, 0.25) is 15.9 Å². The maximum atomic E-state index is 13.6. The van der Waals surface area contributed by atoms with Crippen LogP contribution in [0.25, 0.3) is 0 Å². The normalized spacial score (nSPS) is 37.1. The number of alkyl halides is 1. The molecular weight excluding hydrogens is 408 g/mol. The van der Waals surface area contributed by atoms with Crippen molar-refractivity contribution < 1.29 is 13.2 Å². The number of hydrogen-bond acceptors (Lipinski definition) is 3. The fourth-order valence-corrected chi connectivity index (χ4v) is 8.84. The Morgan fingerprint density at radius 2 is 1.59 bits per heavy atom. The van der Waals surface area contributed by atoms with Crippen LogP contribution in [0.15, 0.2) is 29.2 Å². The lowest BCUT2D eigenvalue weighted by molar-refractivity contribution is -0.157. The minimum atomic E-state index is -3.51. The van der Waals surface area contributed by atoms with E-state index in [1.165, 1.54) is 10.7 Å². The van der Waals surface area contributed by atoms with Crippen molar-refractivity contribution in [3.8, 4) is 0 Å². The van der Waals surface area contributed by atoms with E-state index >= 15 is 0 Å². The second kappa shape index (κ2) is 6.69. The van der Waals surface area contributed by atoms with Crippen LogP contribution in [0.4, 0.5) is 0 Å². The summed E-state index contributed by atoms with van der Waals surface area (Å²) >= 11 is 6.91. The first-order valence-electron chi connectivity index (χ1n) is 10.7. The highest BCUT2D eigenvalue weighted by molar-refractivity contribution is 7.89. The Morgan fingerprint density at radius 1 is 1.00 bits per heavy atom. The molecule has 2 atom stereocenters. The van der Waals surface area contributed by atoms with Gasteiger partial charge in [-0.25, -0.2) is 8.42 Å². The Bertz CT molecular complexity index is 908. The molecule has 5 aliphatic rings. The number of halogens is 1. The van der Waals surface area contributed by atoms with Gasteiger partial charge in [0, 0.05) is 31.1 Å². The molecule has 4 saturated carbocycles. The number of carbonyl (C=O) groups excluding carboxylic acids is 1. The minimum absolute atomic E-state index is 0.184. The molecule has 6 rings (SSSR count). The highest BCUT2D eigenvalue weighted by Crippen LogP contribution is 2.64. The topological polar surface area (TPSA) is 57.7 Å². The fraction of sp³-hybridized carbons (Fsp3) is 0.682. The van der Waals surface area contributed by atoms with Crippen LogP contribution in [0.1, 0.15) is 44.1 Å². The first-order chi connectivity index (χ1) is 13.7. The zero-order chi connectivity index (χ0) is 20.4. The number of rotatable bonds is 3. The highest BCUT2D eigenvalue weighted by Gasteiger charge is 2.60. The molecular formula is C22H29ClN2O3S. The van der Waals surface area contributed by atoms with Crippen LogP contribution in [-0.2, 0) is 14.8 Å². The van der Waals surface area contributed by atoms with E-state index in [1.54, 1.807) is 12.1 Å². The maximum absolute atomic E-state index is 13.6. The lowest BCUT2D eigenvalue weighted by Gasteiger charge is -2.60. The summed E-state index contributed by atoms with van der Waals surface area (Å²) in [6, 6.07) is 6.97. The summed E-state index contributed by atoms with van der Waals surface area (Å²) in [5.41, 5.74) is 0.733. The molecule has 1 aromatic rings. The largest absolute Gasteiger partial charge is 0.340 e. The predicted molar refractivity (Wildman–Crippen MR) is 112 cm³/mol. The Kier molecular flexibility index (Phi) is 4.58. The zero-order valence-electron chi connectivity index (χ0n) is 16.9. The Labute approximate surface area is 178 Å². The van der Waals surface area contributed by atoms with Gasteiger partial charge >= 0.3 is 0 Å². The van der Waals surface area contributed by atoms with Crippen LogP contribution >= 0.6 is 11.6 Å². The quantitative estimate of drug-likeness (QED) is 0.682. The van der Waals surface area contributed by atoms with Crippen molar-refractivity contribution in [2.75, 3.05) is 26.2 Å². The molecule has 0 spiro atoms. The average molecular weight is 437 g/mol. The summed E-state index contributed by atoms with van der Waals surface area (Å²) in [6.07, 6.45) is 6.09. The van der Waals surface area contributed by atoms with Crippen molar-refractivity contribution in [2.24, 2.45) is 17.3 Å². The summed E-state index contributed by atoms with van der Waals surface area (Å²) in [4.78, 5) is 15.6. The van der Waals surface area contributed by atoms with Crippen LogP contribution in [0.2, 0.25) is 0 Å². The number of piperazine rings is 1. The van der Waals surface area contributed by atoms with Crippen LogP contribution in [0.5, 0.6) is 0 Å². The van der Waals surface area contributed by atoms with E-state index in [0.29, 0.717) is 42.9 Å². The van der Waals surface area contributed by atoms with Gasteiger partial charge in [0.15, 0.2) is 0 Å². The van der Waals surface area contributed by atoms with E-state index in [0.717, 1.165) is 37.7 Å². The van der Waals surface area contributed by atoms with Gasteiger partial charge in [-0.2, -0.15) is 4.31 Å². The molecule has 158 valence electrons. The molecule has 4 aliphatic carbocycles. The van der Waals surface area contributed by atoms with Crippen molar-refractivity contribution in [3.05, 3.63) is 29.8 Å². The number of hydrogen-bond donors (Lipinski definition) is 0. The first kappa shape index (κ1) is 19.8. The van der Waals surface area contributed by atoms with Crippen LogP contribution in [0.3, 0.4) is 0 Å². The van der Waals surface area contributed by atoms with E-state index in [1.807, 2.05) is 24.0 Å². The lowest BCUT2D eigenvalue weighted by atomic mass is 9.49. The standard InChI is InChI=1S/C22H29ClN2O3S/c1-16-2-4-19(5-3-16)29(27,28)25-8-6-24(7-9-25)20(26)21-11-17-10-18(12-21)14-22(23,13-17)15-21/h2-5,17-18H,6-15H2,1H3/t17-,18-,21?,22?/m1/s1. The number of aryl methyl sites for hydroxylation is 1. The van der Waals surface area contributed by atoms with Gasteiger partial charge in [-0.15, -0.1) is 11.6 Å². The second-order valence-corrected chi connectivity index (χ2v) is 12.6. The third-order valence-corrected chi connectivity index (χ3v) is 9.98. The monoisotopic (exact) mass is 436 g/mol. The molecule has 1 saturated heterocycles. The summed E-state index contributed by atoms with van der Waals surface area (Å²) in [5, 5.41) is 0. The van der Waals surface area contributed by atoms with Crippen molar-refractivity contribution >= 4 is 27.5 Å². The predicted octanol–water partition coefficient (Wildman–Crippen LogP) is 3.41. The van der Waals surface area contributed by atoms with E-state index in [9.17, 15) is 13.2 Å². The second-order valence-electron chi connectivity index (χ2n) is 9.90. The number of carbonyl (C=O) groups is 1. The molecule has 1 heterocycles. The molecule has 7 heteroatoms. The molecule has 0 aromatic heterocycles. The molecule has 5 nitrogen and oxygen atoms in total. The fourth-order valence-electron chi connectivity index (χ4n) is 6.73. The van der Waals surface area contributed by atoms with E-state index < -0.39 is 10.0 Å². The lowest BCUT2D eigenvalue weighted by Crippen LogP contribution is -2.61. The summed E-state index contributed by atoms with van der Waals surface area (Å²) in [6.45, 7) is 3.59. The average Bonchev–Trinajstić information content (AvgIpc) is 2.66. The van der Waals surface area contributed by atoms with Gasteiger partial charge in [0.1, 0.15) is 0 Å². The van der Waals surface area contributed by atoms with Crippen LogP contribution < -0.4 is 0 Å². The van der Waals surface area contributed by atoms with E-state index in [-0.39, 0.29) is 16.2 Å². The molecule has 1 aromatic carbocycles. The van der Waals surface area contributed by atoms with Crippen LogP contribution in [0, 0.1) is 24.2 Å². The highest BCUT2D eigenvalue weighted by atomic mass is 35.5. The van der Waals surface area contributed by atoms with E-state index in [2.05, 4.69) is 0 Å². The molecule has 0 unspecified atom stereocenters. The molecule has 5 fully saturated rings. The van der Waals surface area contributed by atoms with Crippen molar-refractivity contribution in [1.82, 2.24) is 9.21 Å². The van der Waals surface area contributed by atoms with Crippen LogP contribution in [-0.4, -0.2) is 54.6 Å². The maximum Gasteiger partial charge on any atom is 0.243 e. The molecule has 4 bridgehead atoms. The third kappa shape index (κ3) is 3.31. The van der Waals surface area contributed by atoms with Gasteiger partial charge in [-0.3, -0.25) is 4.79 Å². The molecule has 0 radical (unpaired) electrons. The summed E-state index contributed by atoms with van der Waals surface area (Å²) in [7, 11) is -3.51. The SMILES string of the molecule is Cc1ccc(S(=O)(=O)N2CCN(C(=O)C34C[C@H]5C[C@@H](CC(Cl)(C5)C3)C4)CC2)cc1. The van der Waals surface area contributed by atoms with Gasteiger partial charge < -0.3 is 4.90 Å².